The van der Waals surface area contributed by atoms with E-state index >= 15 is 0 Å². The molecule has 0 saturated heterocycles. The van der Waals surface area contributed by atoms with Crippen molar-refractivity contribution in [2.75, 3.05) is 4.90 Å². The van der Waals surface area contributed by atoms with Crippen LogP contribution in [-0.4, -0.2) is 0 Å². The molecule has 0 heterocycles. The van der Waals surface area contributed by atoms with Gasteiger partial charge in [0.15, 0.2) is 0 Å². The molecular weight excluding hydrogens is 783 g/mol. The van der Waals surface area contributed by atoms with Crippen LogP contribution in [-0.2, 0) is 0 Å². The SMILES string of the molecule is [2H]c1c([2H])c(N(c2ccc(-c3ccc(-c4ccccc4)c(-c4ccccc4)c3)cc2)c2ccc(-c3ccc4ccccc4c3-c3ccccc3)cc2)c([2H])c([2H])c1-c1ccc(-c2ccccc2)cc1. The number of hydrogen-bond acceptors (Lipinski definition) is 1. The van der Waals surface area contributed by atoms with Gasteiger partial charge >= 0.3 is 0 Å². The van der Waals surface area contributed by atoms with Gasteiger partial charge in [-0.15, -0.1) is 0 Å². The highest BCUT2D eigenvalue weighted by Crippen LogP contribution is 2.42. The highest BCUT2D eigenvalue weighted by molar-refractivity contribution is 6.04. The Bertz CT molecular complexity index is 3570. The highest BCUT2D eigenvalue weighted by Gasteiger charge is 2.17. The fourth-order valence-corrected chi connectivity index (χ4v) is 8.90. The first kappa shape index (κ1) is 35.0. The summed E-state index contributed by atoms with van der Waals surface area (Å²) in [4.78, 5) is 1.86. The summed E-state index contributed by atoms with van der Waals surface area (Å²) in [6, 6.07) is 84.4. The van der Waals surface area contributed by atoms with Crippen molar-refractivity contribution in [3.05, 3.63) is 273 Å². The van der Waals surface area contributed by atoms with Crippen LogP contribution in [0.1, 0.15) is 5.48 Å². The van der Waals surface area contributed by atoms with E-state index in [-0.39, 0.29) is 35.4 Å². The van der Waals surface area contributed by atoms with Gasteiger partial charge in [0, 0.05) is 17.1 Å². The molecule has 0 bridgehead atoms. The molecule has 1 heteroatoms. The molecule has 0 aliphatic heterocycles. The Morgan fingerprint density at radius 2 is 0.646 bits per heavy atom. The van der Waals surface area contributed by atoms with Crippen LogP contribution in [0.3, 0.4) is 0 Å². The molecule has 0 fully saturated rings. The molecule has 0 aromatic heterocycles. The van der Waals surface area contributed by atoms with Gasteiger partial charge in [0.1, 0.15) is 0 Å². The minimum absolute atomic E-state index is 0.104. The van der Waals surface area contributed by atoms with E-state index in [1.807, 2.05) is 102 Å². The average Bonchev–Trinajstić information content (AvgIpc) is 3.42. The third-order valence-electron chi connectivity index (χ3n) is 12.2. The van der Waals surface area contributed by atoms with Crippen LogP contribution in [0.2, 0.25) is 0 Å². The molecule has 1 nitrogen and oxygen atoms in total. The Morgan fingerprint density at radius 1 is 0.246 bits per heavy atom. The Hall–Kier alpha value is -8.52. The lowest BCUT2D eigenvalue weighted by Crippen LogP contribution is -2.09. The number of benzene rings is 11. The zero-order valence-corrected chi connectivity index (χ0v) is 35.6. The van der Waals surface area contributed by atoms with E-state index in [4.69, 9.17) is 0 Å². The van der Waals surface area contributed by atoms with Crippen molar-refractivity contribution in [2.45, 2.75) is 0 Å². The minimum atomic E-state index is -0.129. The maximum absolute atomic E-state index is 9.65. The predicted octanol–water partition coefficient (Wildman–Crippen LogP) is 18.0. The van der Waals surface area contributed by atoms with Crippen molar-refractivity contribution in [3.63, 3.8) is 0 Å². The number of fused-ring (bicyclic) bond motifs is 1. The molecule has 11 aromatic rings. The van der Waals surface area contributed by atoms with E-state index in [1.54, 1.807) is 0 Å². The molecule has 0 aliphatic carbocycles. The van der Waals surface area contributed by atoms with E-state index in [0.29, 0.717) is 16.9 Å². The Balaban J connectivity index is 1.03. The summed E-state index contributed by atoms with van der Waals surface area (Å²) >= 11 is 0. The van der Waals surface area contributed by atoms with Crippen molar-refractivity contribution in [3.8, 4) is 77.9 Å². The number of nitrogens with zero attached hydrogens (tertiary/aromatic N) is 1. The second kappa shape index (κ2) is 17.7. The molecule has 11 aromatic carbocycles. The fourth-order valence-electron chi connectivity index (χ4n) is 8.90. The smallest absolute Gasteiger partial charge is 0.0645 e. The summed E-state index contributed by atoms with van der Waals surface area (Å²) in [7, 11) is 0. The topological polar surface area (TPSA) is 3.24 Å². The zero-order valence-electron chi connectivity index (χ0n) is 39.6. The molecule has 0 N–H and O–H groups in total. The maximum atomic E-state index is 9.65. The van der Waals surface area contributed by atoms with Gasteiger partial charge in [-0.05, 0) is 131 Å². The quantitative estimate of drug-likeness (QED) is 0.133. The minimum Gasteiger partial charge on any atom is -0.311 e. The zero-order chi connectivity index (χ0) is 46.8. The van der Waals surface area contributed by atoms with Gasteiger partial charge in [-0.1, -0.05) is 230 Å². The van der Waals surface area contributed by atoms with Crippen molar-refractivity contribution >= 4 is 27.8 Å². The van der Waals surface area contributed by atoms with E-state index in [1.165, 1.54) is 0 Å². The van der Waals surface area contributed by atoms with Crippen LogP contribution in [0, 0.1) is 0 Å². The van der Waals surface area contributed by atoms with Crippen LogP contribution in [0.5, 0.6) is 0 Å². The van der Waals surface area contributed by atoms with Gasteiger partial charge in [-0.25, -0.2) is 0 Å². The molecule has 0 saturated carbocycles. The largest absolute Gasteiger partial charge is 0.311 e. The van der Waals surface area contributed by atoms with E-state index in [2.05, 4.69) is 152 Å². The fraction of sp³-hybridized carbons (Fsp3) is 0. The Labute approximate surface area is 387 Å². The van der Waals surface area contributed by atoms with Crippen LogP contribution in [0.25, 0.3) is 88.7 Å². The maximum Gasteiger partial charge on any atom is 0.0645 e. The standard InChI is InChI=1S/C64H45N/c1-5-15-46(16-6-1)47-25-27-48(28-26-47)49-29-37-57(38-30-49)65(59-41-33-54(34-42-59)62-44-35-53-21-13-14-24-61(53)64(62)55-22-11-4-12-23-55)58-39-31-50(32-40-58)56-36-43-60(51-17-7-2-8-18-51)63(45-56)52-19-9-3-10-20-52/h1-45H/i29D,30D,37D,38D. The Kier molecular flexibility index (Phi) is 9.52. The molecule has 65 heavy (non-hydrogen) atoms. The molecule has 0 aliphatic rings. The first-order valence-corrected chi connectivity index (χ1v) is 22.0. The van der Waals surface area contributed by atoms with E-state index in [0.717, 1.165) is 77.5 Å². The molecule has 0 unspecified atom stereocenters. The van der Waals surface area contributed by atoms with Crippen LogP contribution >= 0.6 is 0 Å². The number of anilines is 3. The van der Waals surface area contributed by atoms with Gasteiger partial charge in [0.05, 0.1) is 5.48 Å². The summed E-state index contributed by atoms with van der Waals surface area (Å²) in [5.74, 6) is 0. The normalized spacial score (nSPS) is 11.9. The molecule has 0 atom stereocenters. The summed E-state index contributed by atoms with van der Waals surface area (Å²) in [6.45, 7) is 0. The second-order valence-corrected chi connectivity index (χ2v) is 16.2. The third-order valence-corrected chi connectivity index (χ3v) is 12.2. The molecule has 0 spiro atoms. The summed E-state index contributed by atoms with van der Waals surface area (Å²) in [5.41, 5.74) is 15.5. The molecule has 0 radical (unpaired) electrons. The predicted molar refractivity (Wildman–Crippen MR) is 277 cm³/mol. The molecule has 0 amide bonds. The van der Waals surface area contributed by atoms with Gasteiger partial charge < -0.3 is 4.90 Å². The lowest BCUT2D eigenvalue weighted by Gasteiger charge is -2.26. The molecule has 11 rings (SSSR count). The number of rotatable bonds is 10. The van der Waals surface area contributed by atoms with E-state index < -0.39 is 0 Å². The van der Waals surface area contributed by atoms with Crippen LogP contribution in [0.15, 0.2) is 273 Å². The average molecular weight is 832 g/mol. The molecular formula is C64H45N. The van der Waals surface area contributed by atoms with Crippen molar-refractivity contribution in [2.24, 2.45) is 0 Å². The third kappa shape index (κ3) is 8.04. The van der Waals surface area contributed by atoms with Crippen LogP contribution < -0.4 is 4.90 Å². The van der Waals surface area contributed by atoms with Crippen molar-refractivity contribution in [1.82, 2.24) is 0 Å². The monoisotopic (exact) mass is 831 g/mol. The lowest BCUT2D eigenvalue weighted by molar-refractivity contribution is 1.28. The van der Waals surface area contributed by atoms with E-state index in [9.17, 15) is 5.48 Å². The van der Waals surface area contributed by atoms with Crippen LogP contribution in [0.4, 0.5) is 17.1 Å². The summed E-state index contributed by atoms with van der Waals surface area (Å²) in [6.07, 6.45) is 0. The van der Waals surface area contributed by atoms with Gasteiger partial charge in [0.2, 0.25) is 0 Å². The first-order chi connectivity index (χ1) is 33.9. The van der Waals surface area contributed by atoms with Gasteiger partial charge in [-0.3, -0.25) is 0 Å². The summed E-state index contributed by atoms with van der Waals surface area (Å²) < 4.78 is 38.2. The second-order valence-electron chi connectivity index (χ2n) is 16.2. The highest BCUT2D eigenvalue weighted by atomic mass is 15.1. The lowest BCUT2D eigenvalue weighted by atomic mass is 9.90. The summed E-state index contributed by atoms with van der Waals surface area (Å²) in [5, 5.41) is 2.32. The van der Waals surface area contributed by atoms with Gasteiger partial charge in [-0.2, -0.15) is 0 Å². The first-order valence-electron chi connectivity index (χ1n) is 24.0. The van der Waals surface area contributed by atoms with Gasteiger partial charge in [0.25, 0.3) is 0 Å². The van der Waals surface area contributed by atoms with Crippen molar-refractivity contribution in [1.29, 1.82) is 0 Å². The Morgan fingerprint density at radius 3 is 1.25 bits per heavy atom. The number of hydrogen-bond donors (Lipinski definition) is 0. The molecule has 306 valence electrons. The van der Waals surface area contributed by atoms with Crippen molar-refractivity contribution < 1.29 is 5.48 Å².